The second kappa shape index (κ2) is 11.8. The number of ether oxygens (including phenoxy) is 3. The Balaban J connectivity index is 2.50. The second-order valence-corrected chi connectivity index (χ2v) is 7.15. The van der Waals surface area contributed by atoms with E-state index in [1.165, 1.54) is 7.11 Å². The zero-order chi connectivity index (χ0) is 22.8. The van der Waals surface area contributed by atoms with Gasteiger partial charge < -0.3 is 24.5 Å². The quantitative estimate of drug-likeness (QED) is 0.258. The number of nitrogens with zero attached hydrogens (tertiary/aromatic N) is 2. The number of hydrogen-bond acceptors (Lipinski definition) is 5. The molecular weight excluding hydrogens is 394 g/mol. The summed E-state index contributed by atoms with van der Waals surface area (Å²) in [5.41, 5.74) is 7.35. The van der Waals surface area contributed by atoms with Crippen LogP contribution in [0.4, 0.5) is 0 Å². The van der Waals surface area contributed by atoms with Gasteiger partial charge in [-0.1, -0.05) is 39.3 Å². The standard InChI is InChI=1S/C24H33N3O4/c1-6-8-9-14-31-23(26-21(25)7-2)22-17(3)12-13-27(22)16-19-11-10-18(24(28)30-5)15-20(19)29-4/h10-13,15H,3,6-9,14,16H2,1-2,4-5H3,(H2,25,26)/b23-22-. The van der Waals surface area contributed by atoms with Crippen LogP contribution in [0.3, 0.4) is 0 Å². The number of amidine groups is 1. The molecule has 1 aromatic carbocycles. The zero-order valence-electron chi connectivity index (χ0n) is 18.9. The molecule has 0 unspecified atom stereocenters. The van der Waals surface area contributed by atoms with Crippen molar-refractivity contribution in [3.05, 3.63) is 52.2 Å². The van der Waals surface area contributed by atoms with Crippen LogP contribution in [0, 0.1) is 0 Å². The fraction of sp³-hybridized carbons (Fsp3) is 0.417. The fourth-order valence-corrected chi connectivity index (χ4v) is 3.10. The van der Waals surface area contributed by atoms with Gasteiger partial charge in [0, 0.05) is 18.2 Å². The summed E-state index contributed by atoms with van der Waals surface area (Å²) in [5.74, 6) is 1.15. The molecule has 7 heteroatoms. The molecular formula is C24H33N3O4. The molecule has 2 rings (SSSR count). The number of esters is 1. The minimum atomic E-state index is -0.410. The maximum atomic E-state index is 11.8. The first kappa shape index (κ1) is 24.1. The first-order valence-corrected chi connectivity index (χ1v) is 10.5. The number of hydrogen-bond donors (Lipinski definition) is 1. The Morgan fingerprint density at radius 3 is 2.61 bits per heavy atom. The zero-order valence-corrected chi connectivity index (χ0v) is 18.9. The van der Waals surface area contributed by atoms with Crippen LogP contribution in [0.15, 0.2) is 35.5 Å². The van der Waals surface area contributed by atoms with Gasteiger partial charge in [-0.25, -0.2) is 4.79 Å². The van der Waals surface area contributed by atoms with Gasteiger partial charge in [0.2, 0.25) is 5.88 Å². The molecule has 0 aliphatic carbocycles. The molecule has 1 aromatic heterocycles. The normalized spacial score (nSPS) is 12.5. The Morgan fingerprint density at radius 2 is 1.97 bits per heavy atom. The van der Waals surface area contributed by atoms with Gasteiger partial charge in [0.15, 0.2) is 0 Å². The SMILES string of the molecule is C=c1ccn(Cc2ccc(C(=O)OC)cc2OC)/c1=C(/N=C(/N)CC)OCCCCC. The number of methoxy groups -OCH3 is 2. The third-order valence-electron chi connectivity index (χ3n) is 4.89. The van der Waals surface area contributed by atoms with Crippen molar-refractivity contribution >= 4 is 24.3 Å². The van der Waals surface area contributed by atoms with Gasteiger partial charge >= 0.3 is 5.97 Å². The Bertz CT molecular complexity index is 1020. The van der Waals surface area contributed by atoms with Crippen LogP contribution in [0.5, 0.6) is 5.75 Å². The van der Waals surface area contributed by atoms with E-state index in [2.05, 4.69) is 18.5 Å². The summed E-state index contributed by atoms with van der Waals surface area (Å²) in [4.78, 5) is 16.4. The molecule has 0 atom stereocenters. The Kier molecular flexibility index (Phi) is 9.18. The van der Waals surface area contributed by atoms with Crippen molar-refractivity contribution in [1.82, 2.24) is 4.57 Å². The summed E-state index contributed by atoms with van der Waals surface area (Å²) in [7, 11) is 2.93. The van der Waals surface area contributed by atoms with Crippen molar-refractivity contribution in [2.75, 3.05) is 20.8 Å². The highest BCUT2D eigenvalue weighted by molar-refractivity contribution is 5.90. The van der Waals surface area contributed by atoms with Crippen molar-refractivity contribution in [2.24, 2.45) is 10.7 Å². The van der Waals surface area contributed by atoms with Gasteiger partial charge in [-0.3, -0.25) is 0 Å². The molecule has 0 saturated carbocycles. The summed E-state index contributed by atoms with van der Waals surface area (Å²) in [6, 6.07) is 7.16. The molecule has 0 bridgehead atoms. The Labute approximate surface area is 183 Å². The summed E-state index contributed by atoms with van der Waals surface area (Å²) in [6.07, 6.45) is 5.69. The molecule has 7 nitrogen and oxygen atoms in total. The number of rotatable bonds is 11. The van der Waals surface area contributed by atoms with Crippen molar-refractivity contribution in [3.63, 3.8) is 0 Å². The van der Waals surface area contributed by atoms with E-state index in [9.17, 15) is 4.79 Å². The van der Waals surface area contributed by atoms with Crippen LogP contribution >= 0.6 is 0 Å². The van der Waals surface area contributed by atoms with E-state index in [0.29, 0.717) is 42.6 Å². The smallest absolute Gasteiger partial charge is 0.337 e. The molecule has 168 valence electrons. The summed E-state index contributed by atoms with van der Waals surface area (Å²) >= 11 is 0. The molecule has 31 heavy (non-hydrogen) atoms. The number of aromatic nitrogens is 1. The number of carbonyl (C=O) groups is 1. The fourth-order valence-electron chi connectivity index (χ4n) is 3.10. The van der Waals surface area contributed by atoms with Crippen LogP contribution in [-0.4, -0.2) is 37.2 Å². The lowest BCUT2D eigenvalue weighted by Crippen LogP contribution is -2.32. The van der Waals surface area contributed by atoms with Gasteiger partial charge in [0.25, 0.3) is 0 Å². The average molecular weight is 428 g/mol. The van der Waals surface area contributed by atoms with Gasteiger partial charge in [0.05, 0.1) is 32.9 Å². The third-order valence-corrected chi connectivity index (χ3v) is 4.89. The molecule has 1 heterocycles. The highest BCUT2D eigenvalue weighted by Crippen LogP contribution is 2.21. The van der Waals surface area contributed by atoms with Crippen LogP contribution in [-0.2, 0) is 16.0 Å². The first-order chi connectivity index (χ1) is 14.9. The number of unbranched alkanes of at least 4 members (excludes halogenated alkanes) is 2. The van der Waals surface area contributed by atoms with E-state index in [4.69, 9.17) is 19.9 Å². The van der Waals surface area contributed by atoms with Crippen LogP contribution < -0.4 is 21.0 Å². The molecule has 2 aromatic rings. The molecule has 0 amide bonds. The van der Waals surface area contributed by atoms with Gasteiger partial charge in [0.1, 0.15) is 16.9 Å². The molecule has 0 spiro atoms. The van der Waals surface area contributed by atoms with Crippen LogP contribution in [0.1, 0.15) is 55.5 Å². The van der Waals surface area contributed by atoms with E-state index < -0.39 is 5.97 Å². The molecule has 0 aliphatic heterocycles. The van der Waals surface area contributed by atoms with E-state index in [0.717, 1.165) is 35.4 Å². The number of aliphatic imine (C=N–C) groups is 1. The summed E-state index contributed by atoms with van der Waals surface area (Å²) in [5, 5.41) is 1.57. The van der Waals surface area contributed by atoms with Crippen LogP contribution in [0.2, 0.25) is 0 Å². The summed E-state index contributed by atoms with van der Waals surface area (Å²) < 4.78 is 18.3. The van der Waals surface area contributed by atoms with Crippen molar-refractivity contribution in [3.8, 4) is 5.75 Å². The topological polar surface area (TPSA) is 88.1 Å². The average Bonchev–Trinajstić information content (AvgIpc) is 3.15. The summed E-state index contributed by atoms with van der Waals surface area (Å²) in [6.45, 7) is 9.29. The molecule has 0 fully saturated rings. The molecule has 0 aliphatic rings. The highest BCUT2D eigenvalue weighted by atomic mass is 16.5. The number of nitrogens with two attached hydrogens (primary N) is 1. The Morgan fingerprint density at radius 1 is 1.19 bits per heavy atom. The van der Waals surface area contributed by atoms with Gasteiger partial charge in [-0.15, -0.1) is 0 Å². The maximum Gasteiger partial charge on any atom is 0.337 e. The molecule has 0 saturated heterocycles. The lowest BCUT2D eigenvalue weighted by molar-refractivity contribution is 0.0600. The van der Waals surface area contributed by atoms with Crippen molar-refractivity contribution < 1.29 is 19.0 Å². The second-order valence-electron chi connectivity index (χ2n) is 7.15. The van der Waals surface area contributed by atoms with Gasteiger partial charge in [-0.2, -0.15) is 4.99 Å². The minimum absolute atomic E-state index is 0.410. The van der Waals surface area contributed by atoms with Gasteiger partial charge in [-0.05, 0) is 29.8 Å². The maximum absolute atomic E-state index is 11.8. The van der Waals surface area contributed by atoms with E-state index in [1.807, 2.05) is 29.8 Å². The predicted octanol–water partition coefficient (Wildman–Crippen LogP) is 2.78. The monoisotopic (exact) mass is 427 g/mol. The molecule has 0 radical (unpaired) electrons. The first-order valence-electron chi connectivity index (χ1n) is 10.5. The van der Waals surface area contributed by atoms with Crippen molar-refractivity contribution in [2.45, 2.75) is 46.1 Å². The highest BCUT2D eigenvalue weighted by Gasteiger charge is 2.13. The van der Waals surface area contributed by atoms with E-state index in [-0.39, 0.29) is 0 Å². The van der Waals surface area contributed by atoms with E-state index >= 15 is 0 Å². The predicted molar refractivity (Wildman–Crippen MR) is 123 cm³/mol. The number of carbonyl (C=O) groups excluding carboxylic acids is 1. The lowest BCUT2D eigenvalue weighted by atomic mass is 10.1. The molecule has 2 N–H and O–H groups in total. The Hall–Kier alpha value is -3.22. The van der Waals surface area contributed by atoms with Crippen LogP contribution in [0.25, 0.3) is 12.5 Å². The number of benzene rings is 1. The minimum Gasteiger partial charge on any atom is -0.496 e. The largest absolute Gasteiger partial charge is 0.496 e. The third kappa shape index (κ3) is 6.38. The van der Waals surface area contributed by atoms with E-state index in [1.54, 1.807) is 19.2 Å². The van der Waals surface area contributed by atoms with Crippen molar-refractivity contribution in [1.29, 1.82) is 0 Å². The lowest BCUT2D eigenvalue weighted by Gasteiger charge is -2.13.